The third-order valence-corrected chi connectivity index (χ3v) is 2.08. The third kappa shape index (κ3) is 2.04. The van der Waals surface area contributed by atoms with Crippen LogP contribution in [0.2, 0.25) is 0 Å². The fourth-order valence-electron chi connectivity index (χ4n) is 0.951. The van der Waals surface area contributed by atoms with Crippen LogP contribution in [0, 0.1) is 5.92 Å². The molecule has 0 aliphatic carbocycles. The van der Waals surface area contributed by atoms with Gasteiger partial charge in [0.25, 0.3) is 0 Å². The minimum absolute atomic E-state index is 0.174. The van der Waals surface area contributed by atoms with Crippen molar-refractivity contribution in [2.24, 2.45) is 18.7 Å². The second kappa shape index (κ2) is 3.67. The predicted octanol–water partition coefficient (Wildman–Crippen LogP) is 0.341. The Hall–Kier alpha value is -0.900. The van der Waals surface area contributed by atoms with Gasteiger partial charge >= 0.3 is 0 Å². The van der Waals surface area contributed by atoms with Gasteiger partial charge in [0.2, 0.25) is 0 Å². The predicted molar refractivity (Wildman–Crippen MR) is 47.5 cm³/mol. The zero-order chi connectivity index (χ0) is 9.14. The van der Waals surface area contributed by atoms with E-state index in [9.17, 15) is 0 Å². The van der Waals surface area contributed by atoms with E-state index in [2.05, 4.69) is 23.9 Å². The lowest BCUT2D eigenvalue weighted by Crippen LogP contribution is -2.30. The van der Waals surface area contributed by atoms with E-state index in [0.29, 0.717) is 5.92 Å². The summed E-state index contributed by atoms with van der Waals surface area (Å²) in [5.74, 6) is 1.44. The number of nitrogens with zero attached hydrogens (tertiary/aromatic N) is 3. The summed E-state index contributed by atoms with van der Waals surface area (Å²) in [4.78, 5) is 4.11. The van der Waals surface area contributed by atoms with Crippen LogP contribution < -0.4 is 5.73 Å². The molecule has 0 aliphatic rings. The van der Waals surface area contributed by atoms with Crippen LogP contribution in [-0.2, 0) is 13.5 Å². The van der Waals surface area contributed by atoms with Crippen molar-refractivity contribution in [2.45, 2.75) is 26.3 Å². The molecule has 0 spiro atoms. The minimum atomic E-state index is 0.174. The van der Waals surface area contributed by atoms with Crippen molar-refractivity contribution in [3.8, 4) is 0 Å². The van der Waals surface area contributed by atoms with Gasteiger partial charge in [-0.15, -0.1) is 0 Å². The zero-order valence-corrected chi connectivity index (χ0v) is 7.86. The van der Waals surface area contributed by atoms with Crippen LogP contribution in [-0.4, -0.2) is 20.8 Å². The maximum absolute atomic E-state index is 5.90. The zero-order valence-electron chi connectivity index (χ0n) is 7.86. The fraction of sp³-hybridized carbons (Fsp3) is 0.750. The van der Waals surface area contributed by atoms with Crippen molar-refractivity contribution in [3.63, 3.8) is 0 Å². The molecule has 1 aromatic heterocycles. The number of aromatic nitrogens is 3. The molecule has 0 bridgehead atoms. The Bertz CT molecular complexity index is 241. The number of hydrogen-bond acceptors (Lipinski definition) is 3. The van der Waals surface area contributed by atoms with E-state index in [1.54, 1.807) is 11.0 Å². The molecule has 0 aromatic carbocycles. The Morgan fingerprint density at radius 1 is 1.58 bits per heavy atom. The standard InChI is InChI=1S/C8H16N4/c1-6(2)7(9)4-8-10-5-11-12(8)3/h5-7H,4,9H2,1-3H3. The van der Waals surface area contributed by atoms with E-state index in [1.165, 1.54) is 0 Å². The van der Waals surface area contributed by atoms with Gasteiger partial charge in [0.1, 0.15) is 12.2 Å². The van der Waals surface area contributed by atoms with Crippen LogP contribution in [0.5, 0.6) is 0 Å². The summed E-state index contributed by atoms with van der Waals surface area (Å²) in [6.07, 6.45) is 2.36. The van der Waals surface area contributed by atoms with Gasteiger partial charge in [0.05, 0.1) is 0 Å². The van der Waals surface area contributed by atoms with Gasteiger partial charge in [-0.05, 0) is 5.92 Å². The smallest absolute Gasteiger partial charge is 0.138 e. The SMILES string of the molecule is CC(C)C(N)Cc1ncnn1C. The molecule has 0 fully saturated rings. The average Bonchev–Trinajstić information content (AvgIpc) is 2.36. The molecule has 0 aliphatic heterocycles. The third-order valence-electron chi connectivity index (χ3n) is 2.08. The van der Waals surface area contributed by atoms with Gasteiger partial charge < -0.3 is 5.73 Å². The monoisotopic (exact) mass is 168 g/mol. The Labute approximate surface area is 72.8 Å². The average molecular weight is 168 g/mol. The Morgan fingerprint density at radius 2 is 2.25 bits per heavy atom. The Balaban J connectivity index is 2.58. The van der Waals surface area contributed by atoms with Crippen LogP contribution in [0.25, 0.3) is 0 Å². The van der Waals surface area contributed by atoms with E-state index in [1.807, 2.05) is 7.05 Å². The van der Waals surface area contributed by atoms with Crippen LogP contribution in [0.4, 0.5) is 0 Å². The molecule has 1 heterocycles. The highest BCUT2D eigenvalue weighted by atomic mass is 15.3. The van der Waals surface area contributed by atoms with Crippen molar-refractivity contribution >= 4 is 0 Å². The summed E-state index contributed by atoms with van der Waals surface area (Å²) in [6, 6.07) is 0.174. The first kappa shape index (κ1) is 9.19. The Kier molecular flexibility index (Phi) is 2.81. The van der Waals surface area contributed by atoms with Crippen LogP contribution >= 0.6 is 0 Å². The quantitative estimate of drug-likeness (QED) is 0.708. The van der Waals surface area contributed by atoms with Crippen molar-refractivity contribution in [2.75, 3.05) is 0 Å². The van der Waals surface area contributed by atoms with Gasteiger partial charge in [-0.2, -0.15) is 5.10 Å². The second-order valence-electron chi connectivity index (χ2n) is 3.41. The molecule has 2 N–H and O–H groups in total. The first-order chi connectivity index (χ1) is 5.61. The molecule has 12 heavy (non-hydrogen) atoms. The molecular weight excluding hydrogens is 152 g/mol. The molecule has 1 atom stereocenters. The van der Waals surface area contributed by atoms with Gasteiger partial charge in [0, 0.05) is 19.5 Å². The molecule has 1 rings (SSSR count). The summed E-state index contributed by atoms with van der Waals surface area (Å²) in [6.45, 7) is 4.22. The highest BCUT2D eigenvalue weighted by Crippen LogP contribution is 2.04. The maximum Gasteiger partial charge on any atom is 0.138 e. The molecule has 0 saturated carbocycles. The number of aryl methyl sites for hydroxylation is 1. The number of nitrogens with two attached hydrogens (primary N) is 1. The van der Waals surface area contributed by atoms with Crippen molar-refractivity contribution in [1.82, 2.24) is 14.8 Å². The van der Waals surface area contributed by atoms with E-state index in [-0.39, 0.29) is 6.04 Å². The second-order valence-corrected chi connectivity index (χ2v) is 3.41. The van der Waals surface area contributed by atoms with Crippen molar-refractivity contribution < 1.29 is 0 Å². The summed E-state index contributed by atoms with van der Waals surface area (Å²) < 4.78 is 1.77. The summed E-state index contributed by atoms with van der Waals surface area (Å²) in [5.41, 5.74) is 5.90. The molecule has 68 valence electrons. The molecule has 0 amide bonds. The first-order valence-corrected chi connectivity index (χ1v) is 4.19. The lowest BCUT2D eigenvalue weighted by atomic mass is 10.0. The van der Waals surface area contributed by atoms with Crippen LogP contribution in [0.15, 0.2) is 6.33 Å². The van der Waals surface area contributed by atoms with E-state index >= 15 is 0 Å². The summed E-state index contributed by atoms with van der Waals surface area (Å²) >= 11 is 0. The number of rotatable bonds is 3. The summed E-state index contributed by atoms with van der Waals surface area (Å²) in [5, 5.41) is 3.98. The van der Waals surface area contributed by atoms with E-state index < -0.39 is 0 Å². The van der Waals surface area contributed by atoms with Crippen LogP contribution in [0.3, 0.4) is 0 Å². The lowest BCUT2D eigenvalue weighted by Gasteiger charge is -2.14. The first-order valence-electron chi connectivity index (χ1n) is 4.19. The molecule has 0 saturated heterocycles. The van der Waals surface area contributed by atoms with Gasteiger partial charge in [0.15, 0.2) is 0 Å². The normalized spacial score (nSPS) is 13.8. The van der Waals surface area contributed by atoms with Crippen molar-refractivity contribution in [3.05, 3.63) is 12.2 Å². The Morgan fingerprint density at radius 3 is 2.67 bits per heavy atom. The largest absolute Gasteiger partial charge is 0.327 e. The van der Waals surface area contributed by atoms with Gasteiger partial charge in [-0.3, -0.25) is 4.68 Å². The molecular formula is C8H16N4. The highest BCUT2D eigenvalue weighted by molar-refractivity contribution is 4.88. The lowest BCUT2D eigenvalue weighted by molar-refractivity contribution is 0.473. The van der Waals surface area contributed by atoms with Gasteiger partial charge in [-0.25, -0.2) is 4.98 Å². The molecule has 4 nitrogen and oxygen atoms in total. The maximum atomic E-state index is 5.90. The van der Waals surface area contributed by atoms with Crippen LogP contribution in [0.1, 0.15) is 19.7 Å². The topological polar surface area (TPSA) is 56.7 Å². The van der Waals surface area contributed by atoms with E-state index in [4.69, 9.17) is 5.73 Å². The highest BCUT2D eigenvalue weighted by Gasteiger charge is 2.11. The van der Waals surface area contributed by atoms with E-state index in [0.717, 1.165) is 12.2 Å². The van der Waals surface area contributed by atoms with Crippen molar-refractivity contribution in [1.29, 1.82) is 0 Å². The molecule has 1 aromatic rings. The minimum Gasteiger partial charge on any atom is -0.327 e. The fourth-order valence-corrected chi connectivity index (χ4v) is 0.951. The molecule has 4 heteroatoms. The number of hydrogen-bond donors (Lipinski definition) is 1. The molecule has 1 unspecified atom stereocenters. The molecule has 0 radical (unpaired) electrons. The van der Waals surface area contributed by atoms with Gasteiger partial charge in [-0.1, -0.05) is 13.8 Å². The summed E-state index contributed by atoms with van der Waals surface area (Å²) in [7, 11) is 1.88.